The maximum atomic E-state index is 11.3. The van der Waals surface area contributed by atoms with Gasteiger partial charge < -0.3 is 19.5 Å². The van der Waals surface area contributed by atoms with Crippen molar-refractivity contribution in [1.82, 2.24) is 0 Å². The van der Waals surface area contributed by atoms with Crippen LogP contribution in [0.25, 0.3) is 0 Å². The number of hydrogen-bond acceptors (Lipinski definition) is 6. The summed E-state index contributed by atoms with van der Waals surface area (Å²) in [7, 11) is 3.05. The number of aromatic carboxylic acids is 1. The minimum Gasteiger partial charge on any atom is -0.477 e. The number of benzene rings is 1. The first kappa shape index (κ1) is 16.9. The minimum absolute atomic E-state index is 0.244. The Morgan fingerprint density at radius 2 is 1.86 bits per heavy atom. The number of carboxylic acids is 1. The fourth-order valence-electron chi connectivity index (χ4n) is 1.91. The topological polar surface area (TPSA) is 102 Å². The Morgan fingerprint density at radius 1 is 1.29 bits per heavy atom. The van der Waals surface area contributed by atoms with Crippen molar-refractivity contribution in [2.75, 3.05) is 45.4 Å². The monoisotopic (exact) mass is 298 g/mol. The molecule has 0 unspecified atom stereocenters. The number of ether oxygens (including phenoxy) is 2. The molecule has 0 aliphatic rings. The van der Waals surface area contributed by atoms with Gasteiger partial charge in [-0.3, -0.25) is 10.1 Å². The molecule has 0 aromatic heterocycles. The Balaban J connectivity index is 3.25. The van der Waals surface area contributed by atoms with Crippen molar-refractivity contribution in [3.05, 3.63) is 33.9 Å². The summed E-state index contributed by atoms with van der Waals surface area (Å²) in [5.41, 5.74) is -0.511. The van der Waals surface area contributed by atoms with Crippen molar-refractivity contribution in [1.29, 1.82) is 0 Å². The zero-order valence-corrected chi connectivity index (χ0v) is 11.9. The van der Waals surface area contributed by atoms with Gasteiger partial charge in [0.05, 0.1) is 18.1 Å². The minimum atomic E-state index is -1.33. The lowest BCUT2D eigenvalue weighted by Crippen LogP contribution is -2.31. The van der Waals surface area contributed by atoms with Crippen LogP contribution >= 0.6 is 0 Å². The van der Waals surface area contributed by atoms with Crippen LogP contribution < -0.4 is 4.90 Å². The Morgan fingerprint density at radius 3 is 2.29 bits per heavy atom. The van der Waals surface area contributed by atoms with Gasteiger partial charge in [0.25, 0.3) is 0 Å². The molecule has 1 rings (SSSR count). The van der Waals surface area contributed by atoms with Crippen molar-refractivity contribution in [2.45, 2.75) is 0 Å². The molecule has 0 spiro atoms. The van der Waals surface area contributed by atoms with E-state index in [0.29, 0.717) is 26.3 Å². The van der Waals surface area contributed by atoms with E-state index in [-0.39, 0.29) is 11.3 Å². The van der Waals surface area contributed by atoms with Crippen LogP contribution in [0, 0.1) is 10.1 Å². The van der Waals surface area contributed by atoms with Gasteiger partial charge in [-0.15, -0.1) is 0 Å². The standard InChI is InChI=1S/C13H18N2O6/c1-20-8-6-14(7-9-21-2)11-5-3-4-10(13(16)17)12(11)15(18)19/h3-5H,6-9H2,1-2H3,(H,16,17). The van der Waals surface area contributed by atoms with Gasteiger partial charge in [0.1, 0.15) is 11.3 Å². The molecule has 1 aromatic rings. The Labute approximate surface area is 122 Å². The second kappa shape index (κ2) is 8.18. The predicted molar refractivity (Wildman–Crippen MR) is 76.0 cm³/mol. The van der Waals surface area contributed by atoms with E-state index >= 15 is 0 Å². The average Bonchev–Trinajstić information content (AvgIpc) is 2.46. The summed E-state index contributed by atoms with van der Waals surface area (Å²) in [5.74, 6) is -1.33. The number of nitro benzene ring substituents is 1. The molecule has 0 bridgehead atoms. The van der Waals surface area contributed by atoms with E-state index in [2.05, 4.69) is 0 Å². The highest BCUT2D eigenvalue weighted by atomic mass is 16.6. The van der Waals surface area contributed by atoms with E-state index in [1.807, 2.05) is 0 Å². The van der Waals surface area contributed by atoms with Gasteiger partial charge in [0.15, 0.2) is 0 Å². The largest absolute Gasteiger partial charge is 0.477 e. The number of hydrogen-bond donors (Lipinski definition) is 1. The smallest absolute Gasteiger partial charge is 0.342 e. The third-order valence-corrected chi connectivity index (χ3v) is 2.90. The quantitative estimate of drug-likeness (QED) is 0.543. The highest BCUT2D eigenvalue weighted by Gasteiger charge is 2.27. The molecular weight excluding hydrogens is 280 g/mol. The van der Waals surface area contributed by atoms with Crippen molar-refractivity contribution in [2.24, 2.45) is 0 Å². The van der Waals surface area contributed by atoms with Crippen LogP contribution in [0.3, 0.4) is 0 Å². The van der Waals surface area contributed by atoms with Crippen molar-refractivity contribution in [3.8, 4) is 0 Å². The van der Waals surface area contributed by atoms with Crippen LogP contribution in [0.15, 0.2) is 18.2 Å². The molecule has 0 saturated heterocycles. The first-order chi connectivity index (χ1) is 10.0. The van der Waals surface area contributed by atoms with Crippen LogP contribution in [0.2, 0.25) is 0 Å². The lowest BCUT2D eigenvalue weighted by molar-refractivity contribution is -0.384. The number of carbonyl (C=O) groups is 1. The lowest BCUT2D eigenvalue weighted by Gasteiger charge is -2.24. The van der Waals surface area contributed by atoms with E-state index < -0.39 is 16.6 Å². The highest BCUT2D eigenvalue weighted by molar-refractivity contribution is 5.95. The van der Waals surface area contributed by atoms with E-state index in [1.54, 1.807) is 4.90 Å². The van der Waals surface area contributed by atoms with Crippen LogP contribution in [0.1, 0.15) is 10.4 Å². The molecule has 0 aliphatic heterocycles. The van der Waals surface area contributed by atoms with E-state index in [4.69, 9.17) is 14.6 Å². The number of rotatable bonds is 9. The summed E-state index contributed by atoms with van der Waals surface area (Å²) in [6.07, 6.45) is 0. The first-order valence-corrected chi connectivity index (χ1v) is 6.26. The first-order valence-electron chi connectivity index (χ1n) is 6.26. The number of nitro groups is 1. The Bertz CT molecular complexity index is 497. The summed E-state index contributed by atoms with van der Waals surface area (Å²) in [6, 6.07) is 4.23. The molecule has 0 amide bonds. The van der Waals surface area contributed by atoms with Gasteiger partial charge in [-0.1, -0.05) is 6.07 Å². The molecule has 0 atom stereocenters. The second-order valence-electron chi connectivity index (χ2n) is 4.21. The number of para-hydroxylation sites is 1. The summed E-state index contributed by atoms with van der Waals surface area (Å²) < 4.78 is 9.97. The maximum absolute atomic E-state index is 11.3. The van der Waals surface area contributed by atoms with Crippen LogP contribution in [0.4, 0.5) is 11.4 Å². The SMILES string of the molecule is COCCN(CCOC)c1cccc(C(=O)O)c1[N+](=O)[O-]. The molecule has 0 aliphatic carbocycles. The molecule has 116 valence electrons. The number of anilines is 1. The van der Waals surface area contributed by atoms with Gasteiger partial charge in [-0.2, -0.15) is 0 Å². The molecule has 0 fully saturated rings. The molecule has 0 heterocycles. The molecular formula is C13H18N2O6. The number of nitrogens with zero attached hydrogens (tertiary/aromatic N) is 2. The van der Waals surface area contributed by atoms with Gasteiger partial charge >= 0.3 is 11.7 Å². The molecule has 1 N–H and O–H groups in total. The number of methoxy groups -OCH3 is 2. The van der Waals surface area contributed by atoms with Crippen LogP contribution in [-0.2, 0) is 9.47 Å². The predicted octanol–water partition coefficient (Wildman–Crippen LogP) is 1.39. The van der Waals surface area contributed by atoms with E-state index in [0.717, 1.165) is 0 Å². The fraction of sp³-hybridized carbons (Fsp3) is 0.462. The summed E-state index contributed by atoms with van der Waals surface area (Å²) in [6.45, 7) is 1.50. The van der Waals surface area contributed by atoms with Gasteiger partial charge in [-0.05, 0) is 12.1 Å². The summed E-state index contributed by atoms with van der Waals surface area (Å²) in [5, 5.41) is 20.4. The lowest BCUT2D eigenvalue weighted by atomic mass is 10.1. The number of carboxylic acid groups (broad SMARTS) is 1. The molecule has 0 radical (unpaired) electrons. The summed E-state index contributed by atoms with van der Waals surface area (Å²) >= 11 is 0. The van der Waals surface area contributed by atoms with E-state index in [9.17, 15) is 14.9 Å². The van der Waals surface area contributed by atoms with Gasteiger partial charge in [0.2, 0.25) is 0 Å². The molecule has 0 saturated carbocycles. The van der Waals surface area contributed by atoms with Gasteiger partial charge in [0, 0.05) is 27.3 Å². The fourth-order valence-corrected chi connectivity index (χ4v) is 1.91. The van der Waals surface area contributed by atoms with Crippen LogP contribution in [-0.4, -0.2) is 56.5 Å². The Hall–Kier alpha value is -2.19. The Kier molecular flexibility index (Phi) is 6.57. The van der Waals surface area contributed by atoms with E-state index in [1.165, 1.54) is 32.4 Å². The second-order valence-corrected chi connectivity index (χ2v) is 4.21. The zero-order chi connectivity index (χ0) is 15.8. The van der Waals surface area contributed by atoms with Crippen molar-refractivity contribution in [3.63, 3.8) is 0 Å². The molecule has 21 heavy (non-hydrogen) atoms. The normalized spacial score (nSPS) is 10.4. The zero-order valence-electron chi connectivity index (χ0n) is 11.9. The van der Waals surface area contributed by atoms with Crippen molar-refractivity contribution < 1.29 is 24.3 Å². The highest BCUT2D eigenvalue weighted by Crippen LogP contribution is 2.31. The van der Waals surface area contributed by atoms with Crippen LogP contribution in [0.5, 0.6) is 0 Å². The maximum Gasteiger partial charge on any atom is 0.342 e. The third kappa shape index (κ3) is 4.40. The summed E-state index contributed by atoms with van der Waals surface area (Å²) in [4.78, 5) is 23.4. The molecule has 1 aromatic carbocycles. The third-order valence-electron chi connectivity index (χ3n) is 2.90. The molecule has 8 nitrogen and oxygen atoms in total. The van der Waals surface area contributed by atoms with Gasteiger partial charge in [-0.25, -0.2) is 4.79 Å². The van der Waals surface area contributed by atoms with Crippen molar-refractivity contribution >= 4 is 17.3 Å². The molecule has 8 heteroatoms. The average molecular weight is 298 g/mol.